The van der Waals surface area contributed by atoms with Crippen LogP contribution < -0.4 is 30.4 Å². The summed E-state index contributed by atoms with van der Waals surface area (Å²) in [5.74, 6) is 0.320. The van der Waals surface area contributed by atoms with Crippen molar-refractivity contribution >= 4 is 95.0 Å². The molecule has 392 valence electrons. The lowest BCUT2D eigenvalue weighted by Crippen LogP contribution is -2.60. The SMILES string of the molecule is [2H]c1c([2H])c([2H])c(N(c2cc3c4c(c2)N(c2ccc5c(c2)C(C)(C)CCC5(C)C)c2c(sc5cc6c(cc25)C(C)CCC6(C)C)B4c2ccc(C(C)(C)C)cc2N3c2cc3c(cc2C)C(C)(C)CCC3(C)C)c2c([2H])c([2H])c([2H])c([2H])c2[2H])c([2H])c1[2H]. The van der Waals surface area contributed by atoms with Crippen LogP contribution in [-0.4, -0.2) is 6.71 Å². The molecule has 1 unspecified atom stereocenters. The molecule has 1 aromatic heterocycles. The number of benzene rings is 7. The van der Waals surface area contributed by atoms with E-state index in [1.165, 1.54) is 47.8 Å². The molecule has 3 nitrogen and oxygen atoms in total. The zero-order chi connectivity index (χ0) is 62.8. The maximum Gasteiger partial charge on any atom is 0.264 e. The summed E-state index contributed by atoms with van der Waals surface area (Å²) in [6.45, 7) is 34.5. The maximum absolute atomic E-state index is 9.76. The Morgan fingerprint density at radius 3 is 1.73 bits per heavy atom. The summed E-state index contributed by atoms with van der Waals surface area (Å²) < 4.78 is 95.8. The van der Waals surface area contributed by atoms with Gasteiger partial charge in [-0.15, -0.1) is 11.3 Å². The van der Waals surface area contributed by atoms with Crippen LogP contribution >= 0.6 is 11.3 Å². The van der Waals surface area contributed by atoms with E-state index >= 15 is 0 Å². The minimum Gasteiger partial charge on any atom is -0.311 e. The highest BCUT2D eigenvalue weighted by Gasteiger charge is 2.48. The Hall–Kier alpha value is -6.04. The van der Waals surface area contributed by atoms with Crippen molar-refractivity contribution in [1.29, 1.82) is 0 Å². The largest absolute Gasteiger partial charge is 0.311 e. The van der Waals surface area contributed by atoms with Gasteiger partial charge < -0.3 is 14.7 Å². The van der Waals surface area contributed by atoms with E-state index in [9.17, 15) is 11.0 Å². The maximum atomic E-state index is 9.76. The molecule has 0 N–H and O–H groups in total. The minimum atomic E-state index is -0.612. The summed E-state index contributed by atoms with van der Waals surface area (Å²) in [6, 6.07) is 21.8. The van der Waals surface area contributed by atoms with Gasteiger partial charge in [0, 0.05) is 54.7 Å². The molecule has 0 spiro atoms. The van der Waals surface area contributed by atoms with Crippen molar-refractivity contribution in [1.82, 2.24) is 0 Å². The third-order valence-corrected chi connectivity index (χ3v) is 20.5. The van der Waals surface area contributed by atoms with Gasteiger partial charge in [0.2, 0.25) is 0 Å². The van der Waals surface area contributed by atoms with Gasteiger partial charge >= 0.3 is 0 Å². The third kappa shape index (κ3) is 7.77. The first-order valence-corrected chi connectivity index (χ1v) is 29.1. The Bertz CT molecular complexity index is 4210. The predicted molar refractivity (Wildman–Crippen MR) is 335 cm³/mol. The number of thiophene rings is 1. The van der Waals surface area contributed by atoms with Gasteiger partial charge in [-0.3, -0.25) is 0 Å². The van der Waals surface area contributed by atoms with Crippen molar-refractivity contribution in [3.05, 3.63) is 178 Å². The van der Waals surface area contributed by atoms with E-state index in [0.717, 1.165) is 100 Å². The molecule has 5 heteroatoms. The van der Waals surface area contributed by atoms with Gasteiger partial charge in [0.05, 0.1) is 25.1 Å². The number of aryl methyl sites for hydroxylation is 1. The van der Waals surface area contributed by atoms with Crippen molar-refractivity contribution in [2.75, 3.05) is 14.7 Å². The third-order valence-electron chi connectivity index (χ3n) is 19.3. The Morgan fingerprint density at radius 2 is 1.12 bits per heavy atom. The lowest BCUT2D eigenvalue weighted by molar-refractivity contribution is 0.332. The quantitative estimate of drug-likeness (QED) is 0.159. The fraction of sp³-hybridized carbons (Fsp3) is 0.389. The van der Waals surface area contributed by atoms with Crippen molar-refractivity contribution < 1.29 is 13.7 Å². The van der Waals surface area contributed by atoms with Crippen molar-refractivity contribution in [2.24, 2.45) is 0 Å². The fourth-order valence-corrected chi connectivity index (χ4v) is 15.6. The zero-order valence-corrected chi connectivity index (χ0v) is 48.9. The average Bonchev–Trinajstić information content (AvgIpc) is 1.68. The monoisotopic (exact) mass is 1040 g/mol. The molecule has 0 fully saturated rings. The van der Waals surface area contributed by atoms with Crippen LogP contribution in [0.4, 0.5) is 51.2 Å². The molecule has 77 heavy (non-hydrogen) atoms. The first-order valence-electron chi connectivity index (χ1n) is 33.3. The van der Waals surface area contributed by atoms with Gasteiger partial charge in [-0.2, -0.15) is 0 Å². The normalized spacial score (nSPS) is 21.7. The highest BCUT2D eigenvalue weighted by atomic mass is 32.1. The number of hydrogen-bond acceptors (Lipinski definition) is 4. The number of para-hydroxylation sites is 2. The molecule has 0 bridgehead atoms. The molecular weight excluding hydrogens is 950 g/mol. The van der Waals surface area contributed by atoms with E-state index in [2.05, 4.69) is 174 Å². The number of fused-ring (bicyclic) bond motifs is 9. The average molecular weight is 1040 g/mol. The number of nitrogens with zero attached hydrogens (tertiary/aromatic N) is 3. The van der Waals surface area contributed by atoms with Gasteiger partial charge in [0.1, 0.15) is 0 Å². The van der Waals surface area contributed by atoms with Crippen molar-refractivity contribution in [2.45, 2.75) is 181 Å². The smallest absolute Gasteiger partial charge is 0.264 e. The summed E-state index contributed by atoms with van der Waals surface area (Å²) in [5, 5.41) is 1.13. The second-order valence-corrected chi connectivity index (χ2v) is 28.9. The molecule has 3 aliphatic carbocycles. The van der Waals surface area contributed by atoms with E-state index in [4.69, 9.17) is 2.74 Å². The topological polar surface area (TPSA) is 9.72 Å². The molecule has 1 atom stereocenters. The second kappa shape index (κ2) is 17.0. The van der Waals surface area contributed by atoms with E-state index in [1.807, 2.05) is 23.5 Å². The standard InChI is InChI=1S/C72H80BN3S/c1-44-30-31-68(6,7)54-43-63-52(41-51(44)54)65-66(77-63)73-58-29-26-46(67(3,4)5)37-60(58)76(59-42-57-55(36-45(59)2)70(10,11)34-35-72(57,14)15)62-40-50(74(47-22-18-16-19-23-47)48-24-20-17-21-25-48)39-61(64(62)73)75(65)49-27-28-53-56(38-49)71(12,13)33-32-69(53,8)9/h16-29,36-44H,30-35H2,1-15H3/i16D,17D,18D,19D,20D,21D,22D,23D,24D,25D. The summed E-state index contributed by atoms with van der Waals surface area (Å²) in [4.78, 5) is 6.20. The molecule has 8 aromatic rings. The van der Waals surface area contributed by atoms with Crippen LogP contribution in [0, 0.1) is 6.92 Å². The molecule has 0 amide bonds. The highest BCUT2D eigenvalue weighted by molar-refractivity contribution is 7.33. The zero-order valence-electron chi connectivity index (χ0n) is 58.1. The van der Waals surface area contributed by atoms with Gasteiger partial charge in [-0.25, -0.2) is 0 Å². The van der Waals surface area contributed by atoms with E-state index in [0.29, 0.717) is 5.92 Å². The molecule has 13 rings (SSSR count). The van der Waals surface area contributed by atoms with E-state index < -0.39 is 60.4 Å². The van der Waals surface area contributed by atoms with Gasteiger partial charge in [0.15, 0.2) is 0 Å². The number of hydrogen-bond donors (Lipinski definition) is 0. The van der Waals surface area contributed by atoms with E-state index in [-0.39, 0.29) is 56.3 Å². The molecule has 0 saturated carbocycles. The Morgan fingerprint density at radius 1 is 0.558 bits per heavy atom. The Kier molecular flexibility index (Phi) is 8.87. The van der Waals surface area contributed by atoms with Gasteiger partial charge in [-0.1, -0.05) is 157 Å². The summed E-state index contributed by atoms with van der Waals surface area (Å²) in [7, 11) is 0. The Balaban J connectivity index is 1.26. The van der Waals surface area contributed by atoms with Crippen LogP contribution in [0.5, 0.6) is 0 Å². The van der Waals surface area contributed by atoms with Crippen LogP contribution in [0.1, 0.15) is 200 Å². The van der Waals surface area contributed by atoms with Crippen LogP contribution in [0.2, 0.25) is 0 Å². The van der Waals surface area contributed by atoms with Crippen LogP contribution in [0.25, 0.3) is 10.1 Å². The highest BCUT2D eigenvalue weighted by Crippen LogP contribution is 2.56. The van der Waals surface area contributed by atoms with Crippen LogP contribution in [0.15, 0.2) is 133 Å². The summed E-state index contributed by atoms with van der Waals surface area (Å²) >= 11 is 1.86. The number of rotatable bonds is 5. The first-order chi connectivity index (χ1) is 40.5. The molecular formula is C72H80BN3S. The number of anilines is 9. The van der Waals surface area contributed by atoms with Gasteiger partial charge in [0.25, 0.3) is 6.71 Å². The summed E-state index contributed by atoms with van der Waals surface area (Å²) in [6.07, 6.45) is 6.22. The van der Waals surface area contributed by atoms with Gasteiger partial charge in [-0.05, 0) is 212 Å². The van der Waals surface area contributed by atoms with Crippen molar-refractivity contribution in [3.63, 3.8) is 0 Å². The molecule has 0 radical (unpaired) electrons. The molecule has 2 aliphatic heterocycles. The second-order valence-electron chi connectivity index (χ2n) is 27.8. The van der Waals surface area contributed by atoms with Crippen molar-refractivity contribution in [3.8, 4) is 0 Å². The molecule has 0 saturated heterocycles. The molecule has 5 aliphatic rings. The lowest BCUT2D eigenvalue weighted by Gasteiger charge is -2.46. The predicted octanol–water partition coefficient (Wildman–Crippen LogP) is 18.9. The Labute approximate surface area is 479 Å². The fourth-order valence-electron chi connectivity index (χ4n) is 14.3. The lowest BCUT2D eigenvalue weighted by atomic mass is 9.36. The van der Waals surface area contributed by atoms with E-state index in [1.54, 1.807) is 0 Å². The minimum absolute atomic E-state index is 0.0454. The first kappa shape index (κ1) is 40.2. The molecule has 3 heterocycles. The summed E-state index contributed by atoms with van der Waals surface area (Å²) in [5.41, 5.74) is 16.5. The van der Waals surface area contributed by atoms with Crippen LogP contribution in [0.3, 0.4) is 0 Å². The van der Waals surface area contributed by atoms with Crippen LogP contribution in [-0.2, 0) is 32.5 Å². The molecule has 7 aromatic carbocycles.